The Morgan fingerprint density at radius 2 is 1.69 bits per heavy atom. The van der Waals surface area contributed by atoms with E-state index >= 15 is 0 Å². The molecule has 0 aliphatic heterocycles. The molecule has 2 aliphatic carbocycles. The van der Waals surface area contributed by atoms with E-state index in [2.05, 4.69) is 0 Å². The van der Waals surface area contributed by atoms with E-state index in [-0.39, 0.29) is 18.3 Å². The number of rotatable bonds is 2. The Morgan fingerprint density at radius 3 is 2.08 bits per heavy atom. The molecule has 13 heavy (non-hydrogen) atoms. The van der Waals surface area contributed by atoms with Crippen LogP contribution in [0.4, 0.5) is 0 Å². The second-order valence-corrected chi connectivity index (χ2v) is 3.77. The van der Waals surface area contributed by atoms with Gasteiger partial charge in [-0.2, -0.15) is 0 Å². The maximum absolute atomic E-state index is 10.6. The summed E-state index contributed by atoms with van der Waals surface area (Å²) in [6.07, 6.45) is -0.541. The van der Waals surface area contributed by atoms with E-state index in [1.807, 2.05) is 0 Å². The summed E-state index contributed by atoms with van der Waals surface area (Å²) in [5, 5.41) is 26.7. The number of carbonyl (C=O) groups is 2. The average molecular weight is 186 g/mol. The van der Waals surface area contributed by atoms with Gasteiger partial charge < -0.3 is 15.3 Å². The first-order valence-electron chi connectivity index (χ1n) is 4.17. The fourth-order valence-corrected chi connectivity index (χ4v) is 2.54. The summed E-state index contributed by atoms with van der Waals surface area (Å²) in [6.45, 7) is 0. The predicted molar refractivity (Wildman–Crippen MR) is 39.9 cm³/mol. The van der Waals surface area contributed by atoms with Gasteiger partial charge in [0, 0.05) is 5.92 Å². The smallest absolute Gasteiger partial charge is 0.307 e. The van der Waals surface area contributed by atoms with Crippen molar-refractivity contribution >= 4 is 11.9 Å². The van der Waals surface area contributed by atoms with Gasteiger partial charge in [0.05, 0.1) is 17.9 Å². The van der Waals surface area contributed by atoms with Gasteiger partial charge in [0.1, 0.15) is 0 Å². The third-order valence-electron chi connectivity index (χ3n) is 3.14. The third kappa shape index (κ3) is 1.03. The Balaban J connectivity index is 2.14. The first-order valence-corrected chi connectivity index (χ1v) is 4.17. The molecule has 0 spiro atoms. The number of carboxylic acid groups (broad SMARTS) is 2. The minimum Gasteiger partial charge on any atom is -0.481 e. The number of hydrogen-bond donors (Lipinski definition) is 3. The Kier molecular flexibility index (Phi) is 1.60. The van der Waals surface area contributed by atoms with Gasteiger partial charge in [-0.25, -0.2) is 0 Å². The van der Waals surface area contributed by atoms with Crippen LogP contribution in [0.2, 0.25) is 0 Å². The third-order valence-corrected chi connectivity index (χ3v) is 3.14. The topological polar surface area (TPSA) is 94.8 Å². The molecule has 0 bridgehead atoms. The molecule has 0 saturated heterocycles. The average Bonchev–Trinajstić information content (AvgIpc) is 2.66. The molecule has 2 rings (SSSR count). The van der Waals surface area contributed by atoms with Gasteiger partial charge in [-0.3, -0.25) is 9.59 Å². The second-order valence-electron chi connectivity index (χ2n) is 3.77. The van der Waals surface area contributed by atoms with Crippen molar-refractivity contribution in [2.24, 2.45) is 23.7 Å². The molecule has 0 aromatic rings. The molecular formula is C8H10O5. The van der Waals surface area contributed by atoms with Crippen LogP contribution in [0.3, 0.4) is 0 Å². The van der Waals surface area contributed by atoms with Gasteiger partial charge in [-0.1, -0.05) is 0 Å². The van der Waals surface area contributed by atoms with Crippen molar-refractivity contribution in [3.8, 4) is 0 Å². The first-order chi connectivity index (χ1) is 6.04. The SMILES string of the molecule is O=C(O)C1CC(O)C2C(C(=O)O)C12. The molecule has 5 atom stereocenters. The molecule has 0 amide bonds. The van der Waals surface area contributed by atoms with Crippen molar-refractivity contribution in [1.29, 1.82) is 0 Å². The number of aliphatic hydroxyl groups excluding tert-OH is 1. The van der Waals surface area contributed by atoms with E-state index in [0.29, 0.717) is 0 Å². The molecule has 0 heterocycles. The fraction of sp³-hybridized carbons (Fsp3) is 0.750. The predicted octanol–water partition coefficient (Wildman–Crippen LogP) is -0.601. The van der Waals surface area contributed by atoms with Gasteiger partial charge >= 0.3 is 11.9 Å². The van der Waals surface area contributed by atoms with Gasteiger partial charge in [0.2, 0.25) is 0 Å². The molecule has 72 valence electrons. The maximum Gasteiger partial charge on any atom is 0.307 e. The molecular weight excluding hydrogens is 176 g/mol. The molecule has 0 aromatic carbocycles. The molecule has 5 heteroatoms. The van der Waals surface area contributed by atoms with E-state index < -0.39 is 29.9 Å². The van der Waals surface area contributed by atoms with Gasteiger partial charge in [0.25, 0.3) is 0 Å². The number of aliphatic hydroxyl groups is 1. The Bertz CT molecular complexity index is 274. The fourth-order valence-electron chi connectivity index (χ4n) is 2.54. The molecule has 0 radical (unpaired) electrons. The summed E-state index contributed by atoms with van der Waals surface area (Å²) in [7, 11) is 0. The Hall–Kier alpha value is -1.10. The van der Waals surface area contributed by atoms with Crippen molar-refractivity contribution in [1.82, 2.24) is 0 Å². The Labute approximate surface area is 74.0 Å². The highest BCUT2D eigenvalue weighted by Gasteiger charge is 2.67. The highest BCUT2D eigenvalue weighted by molar-refractivity contribution is 5.79. The molecule has 5 nitrogen and oxygen atoms in total. The van der Waals surface area contributed by atoms with Crippen LogP contribution in [0, 0.1) is 23.7 Å². The summed E-state index contributed by atoms with van der Waals surface area (Å²) in [5.74, 6) is -3.94. The van der Waals surface area contributed by atoms with E-state index in [1.54, 1.807) is 0 Å². The van der Waals surface area contributed by atoms with Gasteiger partial charge in [-0.15, -0.1) is 0 Å². The number of fused-ring (bicyclic) bond motifs is 1. The Morgan fingerprint density at radius 1 is 1.08 bits per heavy atom. The zero-order chi connectivity index (χ0) is 9.75. The summed E-state index contributed by atoms with van der Waals surface area (Å²) in [5.41, 5.74) is 0. The highest BCUT2D eigenvalue weighted by atomic mass is 16.4. The van der Waals surface area contributed by atoms with Crippen molar-refractivity contribution in [3.63, 3.8) is 0 Å². The van der Waals surface area contributed by atoms with E-state index in [4.69, 9.17) is 10.2 Å². The van der Waals surface area contributed by atoms with Crippen LogP contribution in [0.25, 0.3) is 0 Å². The van der Waals surface area contributed by atoms with E-state index in [0.717, 1.165) is 0 Å². The molecule has 2 fully saturated rings. The van der Waals surface area contributed by atoms with E-state index in [9.17, 15) is 14.7 Å². The summed E-state index contributed by atoms with van der Waals surface area (Å²) < 4.78 is 0. The largest absolute Gasteiger partial charge is 0.481 e. The zero-order valence-corrected chi connectivity index (χ0v) is 6.75. The molecule has 2 saturated carbocycles. The second kappa shape index (κ2) is 2.45. The molecule has 3 N–H and O–H groups in total. The van der Waals surface area contributed by atoms with Gasteiger partial charge in [0.15, 0.2) is 0 Å². The maximum atomic E-state index is 10.6. The lowest BCUT2D eigenvalue weighted by Gasteiger charge is -2.09. The van der Waals surface area contributed by atoms with Crippen LogP contribution >= 0.6 is 0 Å². The minimum atomic E-state index is -0.990. The van der Waals surface area contributed by atoms with Crippen molar-refractivity contribution in [2.45, 2.75) is 12.5 Å². The zero-order valence-electron chi connectivity index (χ0n) is 6.75. The standard InChI is InChI=1S/C8H10O5/c9-3-1-2(7(10)11)4-5(3)6(4)8(12)13/h2-6,9H,1H2,(H,10,11)(H,12,13). The van der Waals surface area contributed by atoms with Crippen LogP contribution in [-0.2, 0) is 9.59 Å². The van der Waals surface area contributed by atoms with Crippen LogP contribution in [-0.4, -0.2) is 33.4 Å². The summed E-state index contributed by atoms with van der Waals surface area (Å²) in [4.78, 5) is 21.2. The first kappa shape index (κ1) is 8.50. The normalized spacial score (nSPS) is 47.0. The van der Waals surface area contributed by atoms with Crippen molar-refractivity contribution < 1.29 is 24.9 Å². The van der Waals surface area contributed by atoms with Crippen molar-refractivity contribution in [3.05, 3.63) is 0 Å². The summed E-state index contributed by atoms with van der Waals surface area (Å²) in [6, 6.07) is 0. The highest BCUT2D eigenvalue weighted by Crippen LogP contribution is 2.60. The summed E-state index contributed by atoms with van der Waals surface area (Å²) >= 11 is 0. The number of carboxylic acids is 2. The number of aliphatic carboxylic acids is 2. The molecule has 5 unspecified atom stereocenters. The van der Waals surface area contributed by atoms with E-state index in [1.165, 1.54) is 0 Å². The lowest BCUT2D eigenvalue weighted by Crippen LogP contribution is -2.21. The minimum absolute atomic E-state index is 0.203. The van der Waals surface area contributed by atoms with Gasteiger partial charge in [-0.05, 0) is 12.3 Å². The van der Waals surface area contributed by atoms with Crippen LogP contribution in [0.15, 0.2) is 0 Å². The lowest BCUT2D eigenvalue weighted by atomic mass is 9.99. The van der Waals surface area contributed by atoms with Crippen LogP contribution in [0.1, 0.15) is 6.42 Å². The van der Waals surface area contributed by atoms with Crippen molar-refractivity contribution in [2.75, 3.05) is 0 Å². The number of hydrogen-bond acceptors (Lipinski definition) is 3. The monoisotopic (exact) mass is 186 g/mol. The lowest BCUT2D eigenvalue weighted by molar-refractivity contribution is -0.144. The quantitative estimate of drug-likeness (QED) is 0.535. The molecule has 0 aromatic heterocycles. The van der Waals surface area contributed by atoms with Crippen LogP contribution < -0.4 is 0 Å². The van der Waals surface area contributed by atoms with Crippen LogP contribution in [0.5, 0.6) is 0 Å². The molecule has 2 aliphatic rings.